The van der Waals surface area contributed by atoms with E-state index in [2.05, 4.69) is 10.4 Å². The van der Waals surface area contributed by atoms with E-state index in [0.717, 1.165) is 37.7 Å². The Hall–Kier alpha value is -1.26. The van der Waals surface area contributed by atoms with Gasteiger partial charge in [-0.15, -0.1) is 0 Å². The summed E-state index contributed by atoms with van der Waals surface area (Å²) in [5.41, 5.74) is 10.8. The van der Waals surface area contributed by atoms with Gasteiger partial charge in [0.2, 0.25) is 0 Å². The summed E-state index contributed by atoms with van der Waals surface area (Å²) in [5, 5.41) is 2.15. The van der Waals surface area contributed by atoms with Crippen LogP contribution in [-0.2, 0) is 4.74 Å². The normalized spacial score (nSPS) is 18.0. The third-order valence-electron chi connectivity index (χ3n) is 2.21. The van der Waals surface area contributed by atoms with Crippen molar-refractivity contribution in [3.05, 3.63) is 24.3 Å². The van der Waals surface area contributed by atoms with Gasteiger partial charge >= 0.3 is 0 Å². The first-order valence-corrected chi connectivity index (χ1v) is 4.79. The van der Waals surface area contributed by atoms with Crippen molar-refractivity contribution in [2.75, 3.05) is 37.5 Å². The Morgan fingerprint density at radius 2 is 1.79 bits per heavy atom. The molecule has 1 aromatic rings. The monoisotopic (exact) mass is 193 g/mol. The second-order valence-corrected chi connectivity index (χ2v) is 3.33. The topological polar surface area (TPSA) is 50.5 Å². The number of ether oxygens (including phenoxy) is 1. The maximum Gasteiger partial charge on any atom is 0.0612 e. The van der Waals surface area contributed by atoms with Crippen LogP contribution in [0.4, 0.5) is 11.4 Å². The highest BCUT2D eigenvalue weighted by Gasteiger charge is 2.09. The molecule has 1 aromatic carbocycles. The molecular formula is C10H15N3O. The van der Waals surface area contributed by atoms with E-state index in [0.29, 0.717) is 0 Å². The van der Waals surface area contributed by atoms with Crippen molar-refractivity contribution in [2.45, 2.75) is 0 Å². The van der Waals surface area contributed by atoms with E-state index >= 15 is 0 Å². The van der Waals surface area contributed by atoms with Crippen LogP contribution in [0.25, 0.3) is 0 Å². The molecule has 0 radical (unpaired) electrons. The average molecular weight is 193 g/mol. The molecule has 0 unspecified atom stereocenters. The van der Waals surface area contributed by atoms with Crippen LogP contribution < -0.4 is 11.2 Å². The van der Waals surface area contributed by atoms with Crippen LogP contribution in [0.5, 0.6) is 0 Å². The van der Waals surface area contributed by atoms with Crippen molar-refractivity contribution in [1.82, 2.24) is 5.01 Å². The minimum atomic E-state index is 0.789. The number of benzene rings is 1. The smallest absolute Gasteiger partial charge is 0.0612 e. The molecule has 76 valence electrons. The summed E-state index contributed by atoms with van der Waals surface area (Å²) in [6, 6.07) is 7.74. The Balaban J connectivity index is 1.92. The van der Waals surface area contributed by atoms with Crippen LogP contribution in [0.3, 0.4) is 0 Å². The predicted molar refractivity (Wildman–Crippen MR) is 56.9 cm³/mol. The molecule has 1 heterocycles. The number of nitrogens with zero attached hydrogens (tertiary/aromatic N) is 1. The third-order valence-corrected chi connectivity index (χ3v) is 2.21. The minimum Gasteiger partial charge on any atom is -0.399 e. The van der Waals surface area contributed by atoms with Crippen LogP contribution in [0.15, 0.2) is 24.3 Å². The SMILES string of the molecule is Nc1ccc(NN2CCOCC2)cc1. The van der Waals surface area contributed by atoms with E-state index in [-0.39, 0.29) is 0 Å². The van der Waals surface area contributed by atoms with Crippen molar-refractivity contribution in [3.63, 3.8) is 0 Å². The fourth-order valence-corrected chi connectivity index (χ4v) is 1.42. The molecule has 0 saturated carbocycles. The quantitative estimate of drug-likeness (QED) is 0.686. The second kappa shape index (κ2) is 4.30. The molecule has 14 heavy (non-hydrogen) atoms. The van der Waals surface area contributed by atoms with Crippen molar-refractivity contribution < 1.29 is 4.74 Å². The van der Waals surface area contributed by atoms with Crippen molar-refractivity contribution in [3.8, 4) is 0 Å². The minimum absolute atomic E-state index is 0.789. The number of nitrogen functional groups attached to an aromatic ring is 1. The zero-order valence-corrected chi connectivity index (χ0v) is 8.07. The highest BCUT2D eigenvalue weighted by Crippen LogP contribution is 2.11. The highest BCUT2D eigenvalue weighted by atomic mass is 16.5. The summed E-state index contributed by atoms with van der Waals surface area (Å²) in [6.07, 6.45) is 0. The Labute approximate surface area is 83.6 Å². The van der Waals surface area contributed by atoms with E-state index in [4.69, 9.17) is 10.5 Å². The fourth-order valence-electron chi connectivity index (χ4n) is 1.42. The maximum absolute atomic E-state index is 5.60. The summed E-state index contributed by atoms with van der Waals surface area (Å²) in [6.45, 7) is 3.43. The molecule has 4 heteroatoms. The number of nitrogens with one attached hydrogen (secondary N) is 1. The molecule has 1 saturated heterocycles. The Bertz CT molecular complexity index is 280. The predicted octanol–water partition coefficient (Wildman–Crippen LogP) is 0.928. The first kappa shape index (κ1) is 9.30. The van der Waals surface area contributed by atoms with E-state index in [1.807, 2.05) is 24.3 Å². The van der Waals surface area contributed by atoms with Gasteiger partial charge in [-0.1, -0.05) is 0 Å². The van der Waals surface area contributed by atoms with Gasteiger partial charge in [-0.25, -0.2) is 5.01 Å². The van der Waals surface area contributed by atoms with Crippen molar-refractivity contribution >= 4 is 11.4 Å². The molecule has 1 fully saturated rings. The van der Waals surface area contributed by atoms with E-state index in [9.17, 15) is 0 Å². The first-order chi connectivity index (χ1) is 6.84. The lowest BCUT2D eigenvalue weighted by Gasteiger charge is -2.27. The second-order valence-electron chi connectivity index (χ2n) is 3.33. The molecule has 1 aliphatic heterocycles. The molecule has 0 atom stereocenters. The molecule has 1 aliphatic rings. The number of morpholine rings is 1. The van der Waals surface area contributed by atoms with Crippen LogP contribution in [0, 0.1) is 0 Å². The highest BCUT2D eigenvalue weighted by molar-refractivity contribution is 5.50. The van der Waals surface area contributed by atoms with Crippen LogP contribution >= 0.6 is 0 Å². The van der Waals surface area contributed by atoms with Gasteiger partial charge in [0.1, 0.15) is 0 Å². The summed E-state index contributed by atoms with van der Waals surface area (Å²) in [5.74, 6) is 0. The van der Waals surface area contributed by atoms with Gasteiger partial charge in [0.05, 0.1) is 13.2 Å². The van der Waals surface area contributed by atoms with Crippen LogP contribution in [0.2, 0.25) is 0 Å². The standard InChI is InChI=1S/C10H15N3O/c11-9-1-3-10(4-2-9)12-13-5-7-14-8-6-13/h1-4,12H,5-8,11H2. The number of hydrogen-bond acceptors (Lipinski definition) is 4. The molecule has 0 aliphatic carbocycles. The zero-order chi connectivity index (χ0) is 9.80. The van der Waals surface area contributed by atoms with Gasteiger partial charge in [-0.05, 0) is 24.3 Å². The van der Waals surface area contributed by atoms with Gasteiger partial charge in [-0.3, -0.25) is 0 Å². The lowest BCUT2D eigenvalue weighted by atomic mass is 10.3. The molecule has 3 N–H and O–H groups in total. The van der Waals surface area contributed by atoms with Crippen molar-refractivity contribution in [2.24, 2.45) is 0 Å². The Morgan fingerprint density at radius 1 is 1.14 bits per heavy atom. The molecule has 0 aromatic heterocycles. The maximum atomic E-state index is 5.60. The van der Waals surface area contributed by atoms with E-state index in [1.54, 1.807) is 0 Å². The summed E-state index contributed by atoms with van der Waals surface area (Å²) >= 11 is 0. The molecule has 0 amide bonds. The summed E-state index contributed by atoms with van der Waals surface area (Å²) in [7, 11) is 0. The molecule has 2 rings (SSSR count). The first-order valence-electron chi connectivity index (χ1n) is 4.79. The third kappa shape index (κ3) is 2.37. The average Bonchev–Trinajstić information content (AvgIpc) is 2.23. The molecule has 0 spiro atoms. The van der Waals surface area contributed by atoms with Gasteiger partial charge in [0.25, 0.3) is 0 Å². The largest absolute Gasteiger partial charge is 0.399 e. The lowest BCUT2D eigenvalue weighted by Crippen LogP contribution is -2.40. The number of hydrogen-bond donors (Lipinski definition) is 2. The lowest BCUT2D eigenvalue weighted by molar-refractivity contribution is 0.0497. The van der Waals surface area contributed by atoms with Gasteiger partial charge in [0.15, 0.2) is 0 Å². The fraction of sp³-hybridized carbons (Fsp3) is 0.400. The van der Waals surface area contributed by atoms with Gasteiger partial charge in [-0.2, -0.15) is 0 Å². The Morgan fingerprint density at radius 3 is 2.43 bits per heavy atom. The van der Waals surface area contributed by atoms with Crippen molar-refractivity contribution in [1.29, 1.82) is 0 Å². The number of rotatable bonds is 2. The van der Waals surface area contributed by atoms with E-state index < -0.39 is 0 Å². The number of nitrogens with two attached hydrogens (primary N) is 1. The van der Waals surface area contributed by atoms with E-state index in [1.165, 1.54) is 0 Å². The van der Waals surface area contributed by atoms with Crippen LogP contribution in [-0.4, -0.2) is 31.3 Å². The van der Waals surface area contributed by atoms with Gasteiger partial charge in [0, 0.05) is 24.5 Å². The summed E-state index contributed by atoms with van der Waals surface area (Å²) in [4.78, 5) is 0. The van der Waals surface area contributed by atoms with Gasteiger partial charge < -0.3 is 15.9 Å². The van der Waals surface area contributed by atoms with Crippen LogP contribution in [0.1, 0.15) is 0 Å². The zero-order valence-electron chi connectivity index (χ0n) is 8.07. The Kier molecular flexibility index (Phi) is 2.86. The summed E-state index contributed by atoms with van der Waals surface area (Å²) < 4.78 is 5.25. The molecular weight excluding hydrogens is 178 g/mol. The molecule has 4 nitrogen and oxygen atoms in total. The number of hydrazine groups is 1. The number of anilines is 2. The molecule has 0 bridgehead atoms.